The van der Waals surface area contributed by atoms with Crippen LogP contribution in [0.5, 0.6) is 0 Å². The van der Waals surface area contributed by atoms with Gasteiger partial charge in [-0.1, -0.05) is 104 Å². The number of carbonyl (C=O) groups is 2. The minimum absolute atomic E-state index is 0.0488. The van der Waals surface area contributed by atoms with Gasteiger partial charge in [0.2, 0.25) is 5.91 Å². The van der Waals surface area contributed by atoms with Crippen molar-refractivity contribution in [2.75, 3.05) is 20.8 Å². The van der Waals surface area contributed by atoms with Gasteiger partial charge in [-0.3, -0.25) is 14.4 Å². The maximum Gasteiger partial charge on any atom is 0.249 e. The average molecular weight is 570 g/mol. The quantitative estimate of drug-likeness (QED) is 0.0864. The lowest BCUT2D eigenvalue weighted by Gasteiger charge is -2.36. The fourth-order valence-corrected chi connectivity index (χ4v) is 5.77. The third-order valence-corrected chi connectivity index (χ3v) is 8.06. The number of nitrogens with zero attached hydrogens (tertiary/aromatic N) is 1. The predicted octanol–water partition coefficient (Wildman–Crippen LogP) is 6.88. The molecule has 0 saturated carbocycles. The number of amides is 1. The number of carbonyl (C=O) groups excluding carboxylic acids is 2. The van der Waals surface area contributed by atoms with Gasteiger partial charge in [0.05, 0.1) is 19.3 Å². The second kappa shape index (κ2) is 15.1. The molecule has 3 aromatic rings. The van der Waals surface area contributed by atoms with E-state index in [1.54, 1.807) is 14.0 Å². The van der Waals surface area contributed by atoms with Crippen LogP contribution < -0.4 is 0 Å². The fraction of sp³-hybridized carbons (Fsp3) is 0.389. The van der Waals surface area contributed by atoms with Crippen LogP contribution in [0, 0.1) is 5.92 Å². The van der Waals surface area contributed by atoms with Crippen LogP contribution in [0.15, 0.2) is 103 Å². The van der Waals surface area contributed by atoms with E-state index in [4.69, 9.17) is 14.3 Å². The third kappa shape index (κ3) is 7.62. The molecule has 6 nitrogen and oxygen atoms in total. The highest BCUT2D eigenvalue weighted by molar-refractivity contribution is 5.86. The number of benzene rings is 3. The highest BCUT2D eigenvalue weighted by Crippen LogP contribution is 2.41. The fourth-order valence-electron chi connectivity index (χ4n) is 5.77. The molecule has 6 heteroatoms. The van der Waals surface area contributed by atoms with Crippen LogP contribution >= 0.6 is 0 Å². The standard InChI is InChI=1S/C36H43NO5/c1-27-26-33(42-34(27)23-22-32(38)25-28(2)35(39)37(3)40-4)21-14-24-41-36(29-15-8-5-9-16-29,30-17-10-6-11-18-30)31-19-12-7-13-20-31/h5-13,15-20,28,33-34H,1,14,21-26H2,2-4H3/t28-,33+,34?/m1/s1. The molecular formula is C36H43NO5. The van der Waals surface area contributed by atoms with E-state index in [0.717, 1.165) is 46.6 Å². The van der Waals surface area contributed by atoms with E-state index >= 15 is 0 Å². The maximum absolute atomic E-state index is 12.6. The zero-order valence-corrected chi connectivity index (χ0v) is 25.0. The summed E-state index contributed by atoms with van der Waals surface area (Å²) in [5.41, 5.74) is 3.56. The molecule has 1 aliphatic rings. The average Bonchev–Trinajstić information content (AvgIpc) is 3.39. The van der Waals surface area contributed by atoms with E-state index in [9.17, 15) is 9.59 Å². The van der Waals surface area contributed by atoms with Crippen molar-refractivity contribution in [2.45, 2.75) is 63.3 Å². The molecule has 0 aromatic heterocycles. The van der Waals surface area contributed by atoms with Gasteiger partial charge in [0.1, 0.15) is 11.4 Å². The molecule has 3 atom stereocenters. The monoisotopic (exact) mass is 569 g/mol. The Balaban J connectivity index is 1.34. The second-order valence-electron chi connectivity index (χ2n) is 11.1. The smallest absolute Gasteiger partial charge is 0.249 e. The van der Waals surface area contributed by atoms with Crippen molar-refractivity contribution in [3.05, 3.63) is 120 Å². The number of ketones is 1. The summed E-state index contributed by atoms with van der Waals surface area (Å²) >= 11 is 0. The molecule has 0 bridgehead atoms. The molecule has 1 aliphatic heterocycles. The zero-order chi connectivity index (χ0) is 30.0. The SMILES string of the molecule is C=C1C[C@H](CCCOC(c2ccccc2)(c2ccccc2)c2ccccc2)OC1CCC(=O)C[C@@H](C)C(=O)N(C)OC. The number of hydroxylamine groups is 2. The Morgan fingerprint density at radius 2 is 1.45 bits per heavy atom. The van der Waals surface area contributed by atoms with Gasteiger partial charge in [-0.25, -0.2) is 5.06 Å². The number of Topliss-reactive ketones (excluding diaryl/α,β-unsaturated/α-hetero) is 1. The van der Waals surface area contributed by atoms with Gasteiger partial charge < -0.3 is 9.47 Å². The lowest BCUT2D eigenvalue weighted by molar-refractivity contribution is -0.173. The normalized spacial score (nSPS) is 17.6. The van der Waals surface area contributed by atoms with Crippen molar-refractivity contribution in [3.8, 4) is 0 Å². The molecule has 0 aliphatic carbocycles. The zero-order valence-electron chi connectivity index (χ0n) is 25.0. The van der Waals surface area contributed by atoms with E-state index < -0.39 is 11.5 Å². The van der Waals surface area contributed by atoms with Gasteiger partial charge in [0, 0.05) is 32.4 Å². The number of ether oxygens (including phenoxy) is 2. The van der Waals surface area contributed by atoms with E-state index in [1.165, 1.54) is 7.11 Å². The topological polar surface area (TPSA) is 65.1 Å². The van der Waals surface area contributed by atoms with Crippen LogP contribution in [0.3, 0.4) is 0 Å². The van der Waals surface area contributed by atoms with Crippen molar-refractivity contribution in [3.63, 3.8) is 0 Å². The molecule has 3 aromatic carbocycles. The van der Waals surface area contributed by atoms with Gasteiger partial charge in [0.15, 0.2) is 0 Å². The van der Waals surface area contributed by atoms with Gasteiger partial charge in [-0.05, 0) is 47.9 Å². The van der Waals surface area contributed by atoms with E-state index in [2.05, 4.69) is 79.4 Å². The van der Waals surface area contributed by atoms with Crippen molar-refractivity contribution in [2.24, 2.45) is 5.92 Å². The van der Waals surface area contributed by atoms with E-state index in [-0.39, 0.29) is 30.3 Å². The van der Waals surface area contributed by atoms with E-state index in [1.807, 2.05) is 18.2 Å². The number of hydrogen-bond acceptors (Lipinski definition) is 5. The number of hydrogen-bond donors (Lipinski definition) is 0. The van der Waals surface area contributed by atoms with Gasteiger partial charge in [-0.15, -0.1) is 0 Å². The van der Waals surface area contributed by atoms with Crippen molar-refractivity contribution in [1.82, 2.24) is 5.06 Å². The molecule has 0 radical (unpaired) electrons. The minimum atomic E-state index is -0.733. The first kappa shape index (κ1) is 31.4. The minimum Gasteiger partial charge on any atom is -0.370 e. The summed E-state index contributed by atoms with van der Waals surface area (Å²) in [6, 6.07) is 31.2. The van der Waals surface area contributed by atoms with Crippen molar-refractivity contribution in [1.29, 1.82) is 0 Å². The van der Waals surface area contributed by atoms with Gasteiger partial charge >= 0.3 is 0 Å². The first-order valence-electron chi connectivity index (χ1n) is 14.8. The first-order valence-corrected chi connectivity index (χ1v) is 14.8. The summed E-state index contributed by atoms with van der Waals surface area (Å²) in [7, 11) is 2.99. The van der Waals surface area contributed by atoms with Crippen LogP contribution in [0.4, 0.5) is 0 Å². The Morgan fingerprint density at radius 1 is 0.929 bits per heavy atom. The Bertz CT molecular complexity index is 1200. The first-order chi connectivity index (χ1) is 20.3. The van der Waals surface area contributed by atoms with Gasteiger partial charge in [0.25, 0.3) is 0 Å². The Labute approximate surface area is 250 Å². The molecule has 1 saturated heterocycles. The molecule has 222 valence electrons. The van der Waals surface area contributed by atoms with Gasteiger partial charge in [-0.2, -0.15) is 0 Å². The molecule has 0 spiro atoms. The van der Waals surface area contributed by atoms with Crippen LogP contribution in [0.25, 0.3) is 0 Å². The lowest BCUT2D eigenvalue weighted by atomic mass is 9.80. The maximum atomic E-state index is 12.6. The Hall–Kier alpha value is -3.58. The largest absolute Gasteiger partial charge is 0.370 e. The highest BCUT2D eigenvalue weighted by atomic mass is 16.7. The van der Waals surface area contributed by atoms with Crippen LogP contribution in [0.2, 0.25) is 0 Å². The van der Waals surface area contributed by atoms with E-state index in [0.29, 0.717) is 19.4 Å². The third-order valence-electron chi connectivity index (χ3n) is 8.06. The summed E-state index contributed by atoms with van der Waals surface area (Å²) < 4.78 is 13.2. The van der Waals surface area contributed by atoms with Crippen LogP contribution in [-0.2, 0) is 29.5 Å². The predicted molar refractivity (Wildman–Crippen MR) is 165 cm³/mol. The summed E-state index contributed by atoms with van der Waals surface area (Å²) in [4.78, 5) is 29.7. The molecule has 42 heavy (non-hydrogen) atoms. The number of rotatable bonds is 15. The molecule has 1 heterocycles. The molecule has 1 amide bonds. The summed E-state index contributed by atoms with van der Waals surface area (Å²) in [6.45, 7) is 6.53. The summed E-state index contributed by atoms with van der Waals surface area (Å²) in [5.74, 6) is -0.573. The molecule has 4 rings (SSSR count). The molecule has 1 fully saturated rings. The summed E-state index contributed by atoms with van der Waals surface area (Å²) in [6.07, 6.45) is 3.51. The Kier molecular flexibility index (Phi) is 11.2. The van der Waals surface area contributed by atoms with Crippen LogP contribution in [-0.4, -0.2) is 49.7 Å². The highest BCUT2D eigenvalue weighted by Gasteiger charge is 2.37. The molecular weight excluding hydrogens is 526 g/mol. The van der Waals surface area contributed by atoms with Crippen LogP contribution in [0.1, 0.15) is 62.1 Å². The Morgan fingerprint density at radius 3 is 1.95 bits per heavy atom. The van der Waals surface area contributed by atoms with Crippen molar-refractivity contribution < 1.29 is 23.9 Å². The molecule has 0 N–H and O–H groups in total. The summed E-state index contributed by atoms with van der Waals surface area (Å²) in [5, 5.41) is 1.16. The lowest BCUT2D eigenvalue weighted by Crippen LogP contribution is -2.33. The second-order valence-corrected chi connectivity index (χ2v) is 11.1. The van der Waals surface area contributed by atoms with Crippen molar-refractivity contribution >= 4 is 11.7 Å². The molecule has 1 unspecified atom stereocenters.